The first-order valence-electron chi connectivity index (χ1n) is 4.96. The zero-order valence-corrected chi connectivity index (χ0v) is 8.77. The molecule has 0 saturated heterocycles. The molecule has 0 aliphatic rings. The zero-order valence-electron chi connectivity index (χ0n) is 8.77. The van der Waals surface area contributed by atoms with E-state index in [0.29, 0.717) is 13.0 Å². The Morgan fingerprint density at radius 2 is 1.69 bits per heavy atom. The van der Waals surface area contributed by atoms with Gasteiger partial charge in [0.1, 0.15) is 0 Å². The largest absolute Gasteiger partial charge is 0.465 e. The highest BCUT2D eigenvalue weighted by atomic mass is 16.4. The molecular weight excluding hydrogens is 208 g/mol. The third-order valence-corrected chi connectivity index (χ3v) is 1.93. The van der Waals surface area contributed by atoms with Crippen LogP contribution < -0.4 is 10.6 Å². The van der Waals surface area contributed by atoms with Crippen LogP contribution in [0.15, 0.2) is 30.3 Å². The number of hydrogen-bond donors (Lipinski definition) is 3. The summed E-state index contributed by atoms with van der Waals surface area (Å²) < 4.78 is 0. The van der Waals surface area contributed by atoms with Gasteiger partial charge in [0, 0.05) is 13.1 Å². The summed E-state index contributed by atoms with van der Waals surface area (Å²) in [5.41, 5.74) is 0.936. The summed E-state index contributed by atoms with van der Waals surface area (Å²) in [6, 6.07) is 9.37. The molecule has 1 aromatic carbocycles. The van der Waals surface area contributed by atoms with Gasteiger partial charge in [-0.25, -0.2) is 4.79 Å². The molecule has 1 aromatic rings. The number of carbonyl (C=O) groups is 2. The predicted molar refractivity (Wildman–Crippen MR) is 59.2 cm³/mol. The molecule has 16 heavy (non-hydrogen) atoms. The summed E-state index contributed by atoms with van der Waals surface area (Å²) in [7, 11) is 0. The van der Waals surface area contributed by atoms with Gasteiger partial charge in [0.05, 0.1) is 6.42 Å². The maximum absolute atomic E-state index is 11.4. The quantitative estimate of drug-likeness (QED) is 0.639. The Morgan fingerprint density at radius 1 is 1.06 bits per heavy atom. The van der Waals surface area contributed by atoms with E-state index in [-0.39, 0.29) is 12.5 Å². The van der Waals surface area contributed by atoms with Crippen LogP contribution in [0.3, 0.4) is 0 Å². The molecule has 0 unspecified atom stereocenters. The van der Waals surface area contributed by atoms with Crippen LogP contribution in [-0.2, 0) is 11.2 Å². The van der Waals surface area contributed by atoms with E-state index < -0.39 is 6.09 Å². The summed E-state index contributed by atoms with van der Waals surface area (Å²) >= 11 is 0. The number of nitrogens with one attached hydrogen (secondary N) is 2. The molecule has 0 aliphatic heterocycles. The molecule has 1 rings (SSSR count). The van der Waals surface area contributed by atoms with Crippen LogP contribution in [0.1, 0.15) is 5.56 Å². The summed E-state index contributed by atoms with van der Waals surface area (Å²) in [6.45, 7) is 0.522. The molecule has 0 spiro atoms. The van der Waals surface area contributed by atoms with E-state index in [9.17, 15) is 9.59 Å². The molecule has 0 bridgehead atoms. The monoisotopic (exact) mass is 222 g/mol. The van der Waals surface area contributed by atoms with Gasteiger partial charge in [0.25, 0.3) is 0 Å². The first-order valence-corrected chi connectivity index (χ1v) is 4.96. The van der Waals surface area contributed by atoms with Crippen molar-refractivity contribution in [3.63, 3.8) is 0 Å². The van der Waals surface area contributed by atoms with Crippen molar-refractivity contribution < 1.29 is 14.7 Å². The van der Waals surface area contributed by atoms with E-state index in [1.165, 1.54) is 0 Å². The summed E-state index contributed by atoms with van der Waals surface area (Å²) in [5, 5.41) is 13.1. The Kier molecular flexibility index (Phi) is 4.85. The smallest absolute Gasteiger partial charge is 0.404 e. The molecule has 2 amide bonds. The van der Waals surface area contributed by atoms with Crippen LogP contribution >= 0.6 is 0 Å². The Morgan fingerprint density at radius 3 is 2.31 bits per heavy atom. The number of hydrogen-bond acceptors (Lipinski definition) is 2. The molecule has 86 valence electrons. The average Bonchev–Trinajstić information content (AvgIpc) is 2.25. The van der Waals surface area contributed by atoms with Gasteiger partial charge in [-0.1, -0.05) is 30.3 Å². The Labute approximate surface area is 93.5 Å². The highest BCUT2D eigenvalue weighted by molar-refractivity contribution is 5.78. The summed E-state index contributed by atoms with van der Waals surface area (Å²) in [5.74, 6) is -0.113. The minimum absolute atomic E-state index is 0.113. The van der Waals surface area contributed by atoms with Gasteiger partial charge < -0.3 is 15.7 Å². The minimum atomic E-state index is -1.09. The van der Waals surface area contributed by atoms with Crippen molar-refractivity contribution in [2.75, 3.05) is 13.1 Å². The van der Waals surface area contributed by atoms with Crippen molar-refractivity contribution in [3.8, 4) is 0 Å². The van der Waals surface area contributed by atoms with Crippen LogP contribution in [-0.4, -0.2) is 30.2 Å². The van der Waals surface area contributed by atoms with Crippen LogP contribution in [0.25, 0.3) is 0 Å². The molecule has 0 saturated carbocycles. The van der Waals surface area contributed by atoms with Gasteiger partial charge >= 0.3 is 6.09 Å². The van der Waals surface area contributed by atoms with Crippen molar-refractivity contribution in [1.29, 1.82) is 0 Å². The van der Waals surface area contributed by atoms with E-state index in [4.69, 9.17) is 5.11 Å². The second kappa shape index (κ2) is 6.44. The number of carbonyl (C=O) groups excluding carboxylic acids is 1. The number of benzene rings is 1. The molecular formula is C11H14N2O3. The summed E-state index contributed by atoms with van der Waals surface area (Å²) in [4.78, 5) is 21.5. The predicted octanol–water partition coefficient (Wildman–Crippen LogP) is 0.613. The molecule has 3 N–H and O–H groups in total. The second-order valence-corrected chi connectivity index (χ2v) is 3.24. The SMILES string of the molecule is O=C(O)NCCNC(=O)Cc1ccccc1. The lowest BCUT2D eigenvalue weighted by atomic mass is 10.1. The van der Waals surface area contributed by atoms with Crippen LogP contribution in [0.5, 0.6) is 0 Å². The molecule has 0 heterocycles. The van der Waals surface area contributed by atoms with E-state index in [1.807, 2.05) is 30.3 Å². The fourth-order valence-corrected chi connectivity index (χ4v) is 1.22. The van der Waals surface area contributed by atoms with Gasteiger partial charge in [0.15, 0.2) is 0 Å². The van der Waals surface area contributed by atoms with Crippen LogP contribution in [0.4, 0.5) is 4.79 Å². The summed E-state index contributed by atoms with van der Waals surface area (Å²) in [6.07, 6.45) is -0.772. The molecule has 5 heteroatoms. The molecule has 0 atom stereocenters. The Bertz CT molecular complexity index is 352. The Balaban J connectivity index is 2.19. The lowest BCUT2D eigenvalue weighted by Crippen LogP contribution is -2.34. The fraction of sp³-hybridized carbons (Fsp3) is 0.273. The topological polar surface area (TPSA) is 78.4 Å². The fourth-order valence-electron chi connectivity index (χ4n) is 1.22. The average molecular weight is 222 g/mol. The molecule has 0 aliphatic carbocycles. The molecule has 0 aromatic heterocycles. The normalized spacial score (nSPS) is 9.50. The lowest BCUT2D eigenvalue weighted by molar-refractivity contribution is -0.120. The first kappa shape index (κ1) is 12.0. The maximum Gasteiger partial charge on any atom is 0.404 e. The van der Waals surface area contributed by atoms with Crippen molar-refractivity contribution in [1.82, 2.24) is 10.6 Å². The number of amides is 2. The van der Waals surface area contributed by atoms with Gasteiger partial charge in [-0.15, -0.1) is 0 Å². The van der Waals surface area contributed by atoms with Crippen molar-refractivity contribution in [3.05, 3.63) is 35.9 Å². The van der Waals surface area contributed by atoms with Gasteiger partial charge in [-0.3, -0.25) is 4.79 Å². The van der Waals surface area contributed by atoms with E-state index in [1.54, 1.807) is 0 Å². The first-order chi connectivity index (χ1) is 7.68. The maximum atomic E-state index is 11.4. The zero-order chi connectivity index (χ0) is 11.8. The highest BCUT2D eigenvalue weighted by Gasteiger charge is 2.01. The third-order valence-electron chi connectivity index (χ3n) is 1.93. The van der Waals surface area contributed by atoms with Crippen LogP contribution in [0, 0.1) is 0 Å². The van der Waals surface area contributed by atoms with Gasteiger partial charge in [-0.05, 0) is 5.56 Å². The van der Waals surface area contributed by atoms with E-state index >= 15 is 0 Å². The standard InChI is InChI=1S/C11H14N2O3/c14-10(12-6-7-13-11(15)16)8-9-4-2-1-3-5-9/h1-5,13H,6-8H2,(H,12,14)(H,15,16). The molecule has 5 nitrogen and oxygen atoms in total. The highest BCUT2D eigenvalue weighted by Crippen LogP contribution is 1.98. The van der Waals surface area contributed by atoms with E-state index in [0.717, 1.165) is 5.56 Å². The lowest BCUT2D eigenvalue weighted by Gasteiger charge is -2.04. The molecule has 0 radical (unpaired) electrons. The van der Waals surface area contributed by atoms with Crippen molar-refractivity contribution >= 4 is 12.0 Å². The Hall–Kier alpha value is -2.04. The van der Waals surface area contributed by atoms with Crippen LogP contribution in [0.2, 0.25) is 0 Å². The second-order valence-electron chi connectivity index (χ2n) is 3.24. The van der Waals surface area contributed by atoms with Crippen molar-refractivity contribution in [2.24, 2.45) is 0 Å². The number of rotatable bonds is 5. The molecule has 0 fully saturated rings. The minimum Gasteiger partial charge on any atom is -0.465 e. The van der Waals surface area contributed by atoms with Gasteiger partial charge in [-0.2, -0.15) is 0 Å². The van der Waals surface area contributed by atoms with Crippen molar-refractivity contribution in [2.45, 2.75) is 6.42 Å². The third kappa shape index (κ3) is 4.99. The van der Waals surface area contributed by atoms with E-state index in [2.05, 4.69) is 10.6 Å². The number of carboxylic acid groups (broad SMARTS) is 1. The van der Waals surface area contributed by atoms with Gasteiger partial charge in [0.2, 0.25) is 5.91 Å².